The van der Waals surface area contributed by atoms with Gasteiger partial charge in [0.05, 0.1) is 12.5 Å². The van der Waals surface area contributed by atoms with E-state index in [1.54, 1.807) is 0 Å². The molecule has 0 amide bonds. The van der Waals surface area contributed by atoms with Crippen LogP contribution in [0.4, 0.5) is 0 Å². The number of ether oxygens (including phenoxy) is 1. The zero-order valence-electron chi connectivity index (χ0n) is 9.19. The number of esters is 1. The molecule has 0 aromatic heterocycles. The van der Waals surface area contributed by atoms with Crippen LogP contribution in [0, 0.1) is 29.6 Å². The minimum Gasteiger partial charge on any atom is -0.466 e. The number of carbonyl (C=O) groups excluding carboxylic acids is 1. The van der Waals surface area contributed by atoms with E-state index in [4.69, 9.17) is 10.5 Å². The first-order valence-electron chi connectivity index (χ1n) is 6.16. The number of hydrogen-bond donors (Lipinski definition) is 1. The highest BCUT2D eigenvalue weighted by Crippen LogP contribution is 2.63. The second-order valence-corrected chi connectivity index (χ2v) is 5.32. The summed E-state index contributed by atoms with van der Waals surface area (Å²) in [4.78, 5) is 11.9. The fraction of sp³-hybridized carbons (Fsp3) is 0.917. The van der Waals surface area contributed by atoms with Crippen LogP contribution in [0.3, 0.4) is 0 Å². The molecule has 0 aromatic carbocycles. The minimum absolute atomic E-state index is 0.00690. The summed E-state index contributed by atoms with van der Waals surface area (Å²) in [5.74, 6) is 2.77. The van der Waals surface area contributed by atoms with Gasteiger partial charge >= 0.3 is 5.97 Å². The average molecular weight is 209 g/mol. The number of hydrogen-bond acceptors (Lipinski definition) is 3. The number of fused-ring (bicyclic) bond motifs is 2. The molecule has 0 unspecified atom stereocenters. The average Bonchev–Trinajstić information content (AvgIpc) is 2.98. The summed E-state index contributed by atoms with van der Waals surface area (Å²) < 4.78 is 5.15. The van der Waals surface area contributed by atoms with Gasteiger partial charge in [0, 0.05) is 6.04 Å². The molecule has 6 atom stereocenters. The van der Waals surface area contributed by atoms with Crippen LogP contribution in [0.25, 0.3) is 0 Å². The molecular formula is C12H19NO2. The molecule has 4 aliphatic rings. The summed E-state index contributed by atoms with van der Waals surface area (Å²) in [7, 11) is 0. The van der Waals surface area contributed by atoms with Gasteiger partial charge in [-0.2, -0.15) is 0 Å². The van der Waals surface area contributed by atoms with Crippen molar-refractivity contribution < 1.29 is 9.53 Å². The maximum atomic E-state index is 11.9. The van der Waals surface area contributed by atoms with Gasteiger partial charge in [0.15, 0.2) is 0 Å². The largest absolute Gasteiger partial charge is 0.466 e. The van der Waals surface area contributed by atoms with Crippen molar-refractivity contribution in [3.05, 3.63) is 0 Å². The molecule has 3 heteroatoms. The van der Waals surface area contributed by atoms with Crippen molar-refractivity contribution in [2.75, 3.05) is 6.61 Å². The van der Waals surface area contributed by atoms with Crippen LogP contribution < -0.4 is 5.73 Å². The molecule has 0 heterocycles. The van der Waals surface area contributed by atoms with E-state index in [2.05, 4.69) is 0 Å². The summed E-state index contributed by atoms with van der Waals surface area (Å²) in [6.07, 6.45) is 3.75. The van der Waals surface area contributed by atoms with E-state index in [-0.39, 0.29) is 17.9 Å². The molecule has 4 aliphatic carbocycles. The Kier molecular flexibility index (Phi) is 2.06. The van der Waals surface area contributed by atoms with E-state index >= 15 is 0 Å². The normalized spacial score (nSPS) is 51.1. The smallest absolute Gasteiger partial charge is 0.310 e. The highest BCUT2D eigenvalue weighted by Gasteiger charge is 2.62. The quantitative estimate of drug-likeness (QED) is 0.694. The molecule has 84 valence electrons. The second kappa shape index (κ2) is 3.21. The van der Waals surface area contributed by atoms with Crippen LogP contribution in [0.1, 0.15) is 26.2 Å². The Morgan fingerprint density at radius 2 is 1.93 bits per heavy atom. The van der Waals surface area contributed by atoms with Crippen molar-refractivity contribution in [3.8, 4) is 0 Å². The molecule has 15 heavy (non-hydrogen) atoms. The molecule has 2 N–H and O–H groups in total. The lowest BCUT2D eigenvalue weighted by Gasteiger charge is -2.45. The molecule has 4 fully saturated rings. The van der Waals surface area contributed by atoms with Crippen molar-refractivity contribution in [3.63, 3.8) is 0 Å². The van der Waals surface area contributed by atoms with Crippen LogP contribution >= 0.6 is 0 Å². The molecule has 4 rings (SSSR count). The predicted molar refractivity (Wildman–Crippen MR) is 55.9 cm³/mol. The Labute approximate surface area is 90.4 Å². The van der Waals surface area contributed by atoms with E-state index in [1.165, 1.54) is 19.3 Å². The predicted octanol–water partition coefficient (Wildman–Crippen LogP) is 1.17. The van der Waals surface area contributed by atoms with Crippen molar-refractivity contribution in [1.29, 1.82) is 0 Å². The molecule has 2 bridgehead atoms. The topological polar surface area (TPSA) is 52.3 Å². The van der Waals surface area contributed by atoms with Gasteiger partial charge in [0.25, 0.3) is 0 Å². The zero-order valence-corrected chi connectivity index (χ0v) is 9.19. The maximum absolute atomic E-state index is 11.9. The van der Waals surface area contributed by atoms with Crippen molar-refractivity contribution in [2.24, 2.45) is 35.3 Å². The molecule has 0 aromatic rings. The molecule has 0 radical (unpaired) electrons. The van der Waals surface area contributed by atoms with Crippen molar-refractivity contribution in [1.82, 2.24) is 0 Å². The van der Waals surface area contributed by atoms with E-state index in [9.17, 15) is 4.79 Å². The Morgan fingerprint density at radius 1 is 1.27 bits per heavy atom. The first-order chi connectivity index (χ1) is 7.24. The first-order valence-corrected chi connectivity index (χ1v) is 6.16. The third kappa shape index (κ3) is 1.25. The Hall–Kier alpha value is -0.570. The lowest BCUT2D eigenvalue weighted by molar-refractivity contribution is -0.155. The summed E-state index contributed by atoms with van der Waals surface area (Å²) in [5, 5.41) is 0. The zero-order chi connectivity index (χ0) is 10.6. The van der Waals surface area contributed by atoms with E-state index in [0.29, 0.717) is 18.4 Å². The Morgan fingerprint density at radius 3 is 2.67 bits per heavy atom. The third-order valence-electron chi connectivity index (χ3n) is 4.75. The summed E-state index contributed by atoms with van der Waals surface area (Å²) >= 11 is 0. The number of rotatable bonds is 2. The maximum Gasteiger partial charge on any atom is 0.310 e. The highest BCUT2D eigenvalue weighted by atomic mass is 16.5. The molecule has 3 nitrogen and oxygen atoms in total. The molecule has 0 saturated heterocycles. The number of carbonyl (C=O) groups is 1. The van der Waals surface area contributed by atoms with E-state index in [0.717, 1.165) is 11.8 Å². The third-order valence-corrected chi connectivity index (χ3v) is 4.75. The van der Waals surface area contributed by atoms with Gasteiger partial charge in [-0.3, -0.25) is 4.79 Å². The first kappa shape index (κ1) is 9.64. The Bertz CT molecular complexity index is 291. The molecular weight excluding hydrogens is 190 g/mol. The van der Waals surface area contributed by atoms with Crippen molar-refractivity contribution in [2.45, 2.75) is 32.2 Å². The molecule has 0 spiro atoms. The Balaban J connectivity index is 1.80. The standard InChI is InChI=1S/C12H19NO2/c1-2-15-12(14)10-6-3-4-7(11(10)13)9-5-8(6)9/h6-11H,2-5,13H2,1H3/t6-,7+,8-,9+,10-,11-/m0/s1. The SMILES string of the molecule is CCOC(=O)[C@@H]1[C@@H](N)[C@@H]2CC[C@H]1[C@@H]1C[C@@H]12. The molecule has 0 aliphatic heterocycles. The summed E-state index contributed by atoms with van der Waals surface area (Å²) in [5.41, 5.74) is 6.21. The van der Waals surface area contributed by atoms with Gasteiger partial charge in [-0.15, -0.1) is 0 Å². The van der Waals surface area contributed by atoms with Gasteiger partial charge in [0.2, 0.25) is 0 Å². The number of nitrogens with two attached hydrogens (primary N) is 1. The van der Waals surface area contributed by atoms with Gasteiger partial charge in [-0.25, -0.2) is 0 Å². The van der Waals surface area contributed by atoms with Gasteiger partial charge in [-0.1, -0.05) is 0 Å². The summed E-state index contributed by atoms with van der Waals surface area (Å²) in [6.45, 7) is 2.35. The van der Waals surface area contributed by atoms with Crippen LogP contribution in [-0.4, -0.2) is 18.6 Å². The van der Waals surface area contributed by atoms with Gasteiger partial charge in [0.1, 0.15) is 0 Å². The fourth-order valence-electron chi connectivity index (χ4n) is 4.08. The van der Waals surface area contributed by atoms with Crippen molar-refractivity contribution >= 4 is 5.97 Å². The van der Waals surface area contributed by atoms with Crippen LogP contribution in [0.5, 0.6) is 0 Å². The highest BCUT2D eigenvalue weighted by molar-refractivity contribution is 5.74. The minimum atomic E-state index is -0.0370. The van der Waals surface area contributed by atoms with Gasteiger partial charge < -0.3 is 10.5 Å². The fourth-order valence-corrected chi connectivity index (χ4v) is 4.08. The van der Waals surface area contributed by atoms with Crippen LogP contribution in [0.15, 0.2) is 0 Å². The van der Waals surface area contributed by atoms with Crippen LogP contribution in [0.2, 0.25) is 0 Å². The monoisotopic (exact) mass is 209 g/mol. The second-order valence-electron chi connectivity index (χ2n) is 5.32. The van der Waals surface area contributed by atoms with E-state index < -0.39 is 0 Å². The van der Waals surface area contributed by atoms with Crippen LogP contribution in [-0.2, 0) is 9.53 Å². The van der Waals surface area contributed by atoms with E-state index in [1.807, 2.05) is 6.92 Å². The lowest BCUT2D eigenvalue weighted by atomic mass is 9.62. The summed E-state index contributed by atoms with van der Waals surface area (Å²) in [6, 6.07) is 0.0755. The molecule has 4 saturated carbocycles. The lowest BCUT2D eigenvalue weighted by Crippen LogP contribution is -2.54. The van der Waals surface area contributed by atoms with Gasteiger partial charge in [-0.05, 0) is 49.9 Å².